The number of halogens is 1. The van der Waals surface area contributed by atoms with Crippen LogP contribution in [0.4, 0.5) is 0 Å². The van der Waals surface area contributed by atoms with Gasteiger partial charge in [-0.2, -0.15) is 0 Å². The zero-order chi connectivity index (χ0) is 14.5. The molecule has 0 saturated heterocycles. The van der Waals surface area contributed by atoms with Crippen LogP contribution in [0, 0.1) is 0 Å². The van der Waals surface area contributed by atoms with Crippen LogP contribution in [0.2, 0.25) is 5.02 Å². The van der Waals surface area contributed by atoms with E-state index in [1.54, 1.807) is 32.9 Å². The molecule has 0 spiro atoms. The number of hydrogen-bond donors (Lipinski definition) is 1. The van der Waals surface area contributed by atoms with Gasteiger partial charge >= 0.3 is 0 Å². The lowest BCUT2D eigenvalue weighted by Gasteiger charge is -2.29. The van der Waals surface area contributed by atoms with E-state index in [4.69, 9.17) is 16.3 Å². The summed E-state index contributed by atoms with van der Waals surface area (Å²) < 4.78 is 5.08. The zero-order valence-corrected chi connectivity index (χ0v) is 12.2. The predicted molar refractivity (Wildman–Crippen MR) is 74.2 cm³/mol. The molecular formula is C14H19ClNO3-. The molecule has 0 radical (unpaired) electrons. The van der Waals surface area contributed by atoms with Crippen molar-refractivity contribution in [2.24, 2.45) is 4.99 Å². The minimum Gasteiger partial charge on any atom is -0.595 e. The van der Waals surface area contributed by atoms with Crippen LogP contribution < -0.4 is 5.11 Å². The van der Waals surface area contributed by atoms with Gasteiger partial charge in [-0.25, -0.2) is 0 Å². The molecule has 0 aliphatic heterocycles. The number of aliphatic imine (C=N–C) groups is 1. The second-order valence-corrected chi connectivity index (χ2v) is 5.62. The summed E-state index contributed by atoms with van der Waals surface area (Å²) in [6, 6.07) is 5.30. The molecule has 0 aliphatic carbocycles. The number of rotatable bonds is 4. The molecule has 5 heteroatoms. The molecule has 0 fully saturated rings. The first kappa shape index (κ1) is 15.8. The molecule has 4 nitrogen and oxygen atoms in total. The Balaban J connectivity index is 2.60. The third kappa shape index (κ3) is 5.94. The van der Waals surface area contributed by atoms with Gasteiger partial charge in [-0.15, -0.1) is 0 Å². The van der Waals surface area contributed by atoms with Crippen molar-refractivity contribution in [2.45, 2.75) is 39.4 Å². The van der Waals surface area contributed by atoms with Gasteiger partial charge in [0.15, 0.2) is 0 Å². The average Bonchev–Trinajstić information content (AvgIpc) is 2.28. The number of aliphatic hydroxyl groups is 1. The Labute approximate surface area is 118 Å². The minimum absolute atomic E-state index is 0.0810. The molecule has 0 saturated carbocycles. The quantitative estimate of drug-likeness (QED) is 0.678. The predicted octanol–water partition coefficient (Wildman–Crippen LogP) is 1.91. The van der Waals surface area contributed by atoms with Crippen LogP contribution in [-0.2, 0) is 17.8 Å². The van der Waals surface area contributed by atoms with Crippen LogP contribution in [0.15, 0.2) is 23.2 Å². The van der Waals surface area contributed by atoms with Gasteiger partial charge in [0.25, 0.3) is 0 Å². The SMILES string of the molecule is CC(C)(C)OC([O-])=NCCc1ccc(Cl)cc1CO. The van der Waals surface area contributed by atoms with Crippen LogP contribution in [0.5, 0.6) is 0 Å². The highest BCUT2D eigenvalue weighted by molar-refractivity contribution is 6.30. The van der Waals surface area contributed by atoms with Crippen LogP contribution >= 0.6 is 11.6 Å². The largest absolute Gasteiger partial charge is 0.595 e. The van der Waals surface area contributed by atoms with E-state index in [9.17, 15) is 10.2 Å². The van der Waals surface area contributed by atoms with E-state index >= 15 is 0 Å². The van der Waals surface area contributed by atoms with Crippen molar-refractivity contribution in [3.63, 3.8) is 0 Å². The van der Waals surface area contributed by atoms with Gasteiger partial charge in [-0.05, 0) is 29.7 Å². The molecule has 106 valence electrons. The van der Waals surface area contributed by atoms with Gasteiger partial charge in [0.1, 0.15) is 6.08 Å². The van der Waals surface area contributed by atoms with Crippen molar-refractivity contribution in [3.05, 3.63) is 34.3 Å². The lowest BCUT2D eigenvalue weighted by molar-refractivity contribution is -0.260. The zero-order valence-electron chi connectivity index (χ0n) is 11.4. The second kappa shape index (κ2) is 6.78. The molecule has 19 heavy (non-hydrogen) atoms. The Hall–Kier alpha value is -1.26. The van der Waals surface area contributed by atoms with Crippen LogP contribution in [0.25, 0.3) is 0 Å². The Bertz CT molecular complexity index is 452. The van der Waals surface area contributed by atoms with E-state index in [1.165, 1.54) is 0 Å². The van der Waals surface area contributed by atoms with Crippen molar-refractivity contribution in [1.82, 2.24) is 0 Å². The number of hydrogen-bond acceptors (Lipinski definition) is 4. The highest BCUT2D eigenvalue weighted by Gasteiger charge is 2.05. The van der Waals surface area contributed by atoms with E-state index in [0.717, 1.165) is 11.1 Å². The summed E-state index contributed by atoms with van der Waals surface area (Å²) in [4.78, 5) is 3.83. The number of ether oxygens (including phenoxy) is 1. The van der Waals surface area contributed by atoms with Crippen molar-refractivity contribution in [1.29, 1.82) is 0 Å². The lowest BCUT2D eigenvalue weighted by Crippen LogP contribution is -2.32. The molecule has 1 aromatic rings. The smallest absolute Gasteiger partial charge is 0.145 e. The summed E-state index contributed by atoms with van der Waals surface area (Å²) in [5.41, 5.74) is 1.16. The van der Waals surface area contributed by atoms with Gasteiger partial charge in [0, 0.05) is 17.2 Å². The maximum atomic E-state index is 11.4. The molecule has 0 bridgehead atoms. The maximum absolute atomic E-state index is 11.4. The van der Waals surface area contributed by atoms with Crippen molar-refractivity contribution in [3.8, 4) is 0 Å². The average molecular weight is 285 g/mol. The summed E-state index contributed by atoms with van der Waals surface area (Å²) in [6.07, 6.45) is -0.00114. The number of aliphatic hydroxyl groups excluding tert-OH is 1. The fourth-order valence-electron chi connectivity index (χ4n) is 1.55. The minimum atomic E-state index is -0.563. The topological polar surface area (TPSA) is 64.9 Å². The lowest BCUT2D eigenvalue weighted by atomic mass is 10.1. The number of benzene rings is 1. The van der Waals surface area contributed by atoms with E-state index in [2.05, 4.69) is 4.99 Å². The van der Waals surface area contributed by atoms with E-state index in [-0.39, 0.29) is 6.61 Å². The first-order valence-corrected chi connectivity index (χ1v) is 6.48. The second-order valence-electron chi connectivity index (χ2n) is 5.18. The highest BCUT2D eigenvalue weighted by atomic mass is 35.5. The van der Waals surface area contributed by atoms with Gasteiger partial charge in [0.2, 0.25) is 0 Å². The highest BCUT2D eigenvalue weighted by Crippen LogP contribution is 2.16. The van der Waals surface area contributed by atoms with Gasteiger partial charge in [0.05, 0.1) is 6.61 Å². The molecule has 0 aliphatic rings. The van der Waals surface area contributed by atoms with Crippen LogP contribution in [0.3, 0.4) is 0 Å². The third-order valence-electron chi connectivity index (χ3n) is 2.35. The van der Waals surface area contributed by atoms with E-state index in [0.29, 0.717) is 18.0 Å². The maximum Gasteiger partial charge on any atom is 0.145 e. The summed E-state index contributed by atoms with van der Waals surface area (Å²) in [7, 11) is 0. The summed E-state index contributed by atoms with van der Waals surface area (Å²) in [5, 5.41) is 21.2. The summed E-state index contributed by atoms with van der Waals surface area (Å²) >= 11 is 5.84. The molecule has 0 unspecified atom stereocenters. The molecular weight excluding hydrogens is 266 g/mol. The molecule has 0 amide bonds. The first-order chi connectivity index (χ1) is 8.81. The van der Waals surface area contributed by atoms with Gasteiger partial charge < -0.3 is 14.9 Å². The molecule has 1 rings (SSSR count). The first-order valence-electron chi connectivity index (χ1n) is 6.10. The fraction of sp³-hybridized carbons (Fsp3) is 0.500. The van der Waals surface area contributed by atoms with E-state index in [1.807, 2.05) is 6.07 Å². The van der Waals surface area contributed by atoms with Crippen molar-refractivity contribution < 1.29 is 14.9 Å². The fourth-order valence-corrected chi connectivity index (χ4v) is 1.74. The molecule has 0 atom stereocenters. The summed E-state index contributed by atoms with van der Waals surface area (Å²) in [5.74, 6) is 0. The summed E-state index contributed by atoms with van der Waals surface area (Å²) in [6.45, 7) is 5.63. The Morgan fingerprint density at radius 2 is 2.05 bits per heavy atom. The number of nitrogens with zero attached hydrogens (tertiary/aromatic N) is 1. The third-order valence-corrected chi connectivity index (χ3v) is 2.59. The molecule has 1 N–H and O–H groups in total. The van der Waals surface area contributed by atoms with Crippen LogP contribution in [0.1, 0.15) is 31.9 Å². The monoisotopic (exact) mass is 284 g/mol. The van der Waals surface area contributed by atoms with E-state index < -0.39 is 11.7 Å². The normalized spacial score (nSPS) is 12.6. The van der Waals surface area contributed by atoms with Gasteiger partial charge in [-0.1, -0.05) is 38.4 Å². The Morgan fingerprint density at radius 3 is 2.63 bits per heavy atom. The van der Waals surface area contributed by atoms with Gasteiger partial charge in [-0.3, -0.25) is 4.99 Å². The standard InChI is InChI=1S/C14H20ClNO3/c1-14(2,3)19-13(18)16-7-6-10-4-5-12(15)8-11(10)9-17/h4-5,8,17H,6-7,9H2,1-3H3,(H,16,18)/p-1. The Morgan fingerprint density at radius 1 is 1.37 bits per heavy atom. The van der Waals surface area contributed by atoms with Crippen molar-refractivity contribution in [2.75, 3.05) is 6.54 Å². The van der Waals surface area contributed by atoms with Crippen LogP contribution in [-0.4, -0.2) is 23.3 Å². The Kier molecular flexibility index (Phi) is 5.63. The van der Waals surface area contributed by atoms with Crippen molar-refractivity contribution >= 4 is 17.7 Å². The molecule has 0 heterocycles. The molecule has 0 aromatic heterocycles. The molecule has 1 aromatic carbocycles.